The average molecular weight is 512 g/mol. The van der Waals surface area contributed by atoms with Gasteiger partial charge in [-0.1, -0.05) is 29.3 Å². The molecule has 0 heterocycles. The SMILES string of the molecule is COc1cc(OCC(=O)N(Cc2c(Cl)cccc2Cl)C(C)C(=O)NC(C)(C)C)ccc1[N+](=O)[O-]. The first kappa shape index (κ1) is 27.2. The van der Waals surface area contributed by atoms with Gasteiger partial charge in [-0.25, -0.2) is 0 Å². The van der Waals surface area contributed by atoms with Crippen molar-refractivity contribution in [2.24, 2.45) is 0 Å². The summed E-state index contributed by atoms with van der Waals surface area (Å²) in [5, 5.41) is 14.6. The Labute approximate surface area is 208 Å². The monoisotopic (exact) mass is 511 g/mol. The van der Waals surface area contributed by atoms with E-state index >= 15 is 0 Å². The van der Waals surface area contributed by atoms with E-state index in [1.807, 2.05) is 20.8 Å². The number of rotatable bonds is 9. The van der Waals surface area contributed by atoms with Crippen molar-refractivity contribution in [3.8, 4) is 11.5 Å². The largest absolute Gasteiger partial charge is 0.490 e. The molecule has 9 nitrogen and oxygen atoms in total. The van der Waals surface area contributed by atoms with Gasteiger partial charge in [0.2, 0.25) is 11.7 Å². The molecular formula is C23H27Cl2N3O6. The Morgan fingerprint density at radius 2 is 1.79 bits per heavy atom. The molecule has 1 N–H and O–H groups in total. The lowest BCUT2D eigenvalue weighted by Crippen LogP contribution is -2.53. The number of nitrogens with zero attached hydrogens (tertiary/aromatic N) is 2. The summed E-state index contributed by atoms with van der Waals surface area (Å²) >= 11 is 12.6. The molecule has 0 saturated heterocycles. The molecule has 0 aliphatic carbocycles. The molecule has 2 aromatic carbocycles. The number of ether oxygens (including phenoxy) is 2. The second-order valence-corrected chi connectivity index (χ2v) is 9.33. The zero-order chi connectivity index (χ0) is 25.6. The van der Waals surface area contributed by atoms with Gasteiger partial charge in [-0.3, -0.25) is 19.7 Å². The Morgan fingerprint density at radius 3 is 2.32 bits per heavy atom. The van der Waals surface area contributed by atoms with E-state index in [2.05, 4.69) is 5.32 Å². The predicted octanol–water partition coefficient (Wildman–Crippen LogP) is 4.62. The molecule has 34 heavy (non-hydrogen) atoms. The van der Waals surface area contributed by atoms with Crippen LogP contribution in [0, 0.1) is 10.1 Å². The van der Waals surface area contributed by atoms with Gasteiger partial charge in [0.05, 0.1) is 12.0 Å². The van der Waals surface area contributed by atoms with Crippen molar-refractivity contribution < 1.29 is 24.0 Å². The minimum atomic E-state index is -0.867. The Morgan fingerprint density at radius 1 is 1.18 bits per heavy atom. The molecular weight excluding hydrogens is 485 g/mol. The van der Waals surface area contributed by atoms with Gasteiger partial charge in [-0.2, -0.15) is 0 Å². The fraction of sp³-hybridized carbons (Fsp3) is 0.391. The molecule has 0 bridgehead atoms. The summed E-state index contributed by atoms with van der Waals surface area (Å²) in [6, 6.07) is 8.00. The van der Waals surface area contributed by atoms with Gasteiger partial charge in [0.25, 0.3) is 5.91 Å². The van der Waals surface area contributed by atoms with Gasteiger partial charge in [-0.05, 0) is 45.9 Å². The molecule has 0 aliphatic rings. The average Bonchev–Trinajstić information content (AvgIpc) is 2.75. The van der Waals surface area contributed by atoms with E-state index in [1.54, 1.807) is 25.1 Å². The van der Waals surface area contributed by atoms with Crippen molar-refractivity contribution in [2.75, 3.05) is 13.7 Å². The normalized spacial score (nSPS) is 12.0. The minimum Gasteiger partial charge on any atom is -0.490 e. The van der Waals surface area contributed by atoms with Crippen LogP contribution in [0.3, 0.4) is 0 Å². The first-order valence-electron chi connectivity index (χ1n) is 10.3. The van der Waals surface area contributed by atoms with E-state index in [9.17, 15) is 19.7 Å². The Bertz CT molecular complexity index is 1050. The highest BCUT2D eigenvalue weighted by atomic mass is 35.5. The topological polar surface area (TPSA) is 111 Å². The van der Waals surface area contributed by atoms with Gasteiger partial charge in [0.15, 0.2) is 6.61 Å². The lowest BCUT2D eigenvalue weighted by Gasteiger charge is -2.31. The van der Waals surface area contributed by atoms with Crippen LogP contribution in [0.25, 0.3) is 0 Å². The number of nitro groups is 1. The zero-order valence-corrected chi connectivity index (χ0v) is 21.1. The van der Waals surface area contributed by atoms with Crippen LogP contribution in [-0.2, 0) is 16.1 Å². The first-order valence-corrected chi connectivity index (χ1v) is 11.1. The lowest BCUT2D eigenvalue weighted by atomic mass is 10.1. The Balaban J connectivity index is 2.28. The quantitative estimate of drug-likeness (QED) is 0.388. The molecule has 11 heteroatoms. The molecule has 1 atom stereocenters. The molecule has 0 aliphatic heterocycles. The van der Waals surface area contributed by atoms with Crippen molar-refractivity contribution in [3.63, 3.8) is 0 Å². The highest BCUT2D eigenvalue weighted by Gasteiger charge is 2.30. The highest BCUT2D eigenvalue weighted by Crippen LogP contribution is 2.31. The van der Waals surface area contributed by atoms with Crippen molar-refractivity contribution in [2.45, 2.75) is 45.8 Å². The molecule has 1 unspecified atom stereocenters. The maximum absolute atomic E-state index is 13.2. The standard InChI is InChI=1S/C23H27Cl2N3O6/c1-14(22(30)26-23(2,3)4)27(12-16-17(24)7-6-8-18(16)25)21(29)13-34-15-9-10-19(28(31)32)20(11-15)33-5/h6-11,14H,12-13H2,1-5H3,(H,26,30). The molecule has 2 amide bonds. The summed E-state index contributed by atoms with van der Waals surface area (Å²) in [5.74, 6) is -0.684. The summed E-state index contributed by atoms with van der Waals surface area (Å²) in [5.41, 5.74) is -0.247. The van der Waals surface area contributed by atoms with Crippen LogP contribution in [0.5, 0.6) is 11.5 Å². The second kappa shape index (κ2) is 11.4. The van der Waals surface area contributed by atoms with E-state index in [-0.39, 0.29) is 29.6 Å². The molecule has 0 spiro atoms. The van der Waals surface area contributed by atoms with Gasteiger partial charge >= 0.3 is 5.69 Å². The van der Waals surface area contributed by atoms with E-state index in [4.69, 9.17) is 32.7 Å². The van der Waals surface area contributed by atoms with Crippen LogP contribution in [0.1, 0.15) is 33.3 Å². The van der Waals surface area contributed by atoms with Crippen molar-refractivity contribution in [1.29, 1.82) is 0 Å². The summed E-state index contributed by atoms with van der Waals surface area (Å²) in [6.45, 7) is 6.64. The Hall–Kier alpha value is -3.04. The van der Waals surface area contributed by atoms with Crippen LogP contribution >= 0.6 is 23.2 Å². The van der Waals surface area contributed by atoms with Gasteiger partial charge in [0, 0.05) is 39.8 Å². The van der Waals surface area contributed by atoms with Gasteiger partial charge in [-0.15, -0.1) is 0 Å². The fourth-order valence-electron chi connectivity index (χ4n) is 3.04. The first-order chi connectivity index (χ1) is 15.8. The number of carbonyl (C=O) groups excluding carboxylic acids is 2. The summed E-state index contributed by atoms with van der Waals surface area (Å²) in [4.78, 5) is 37.8. The smallest absolute Gasteiger partial charge is 0.311 e. The molecule has 2 aromatic rings. The minimum absolute atomic E-state index is 0.00687. The van der Waals surface area contributed by atoms with Crippen LogP contribution in [0.2, 0.25) is 10.0 Å². The van der Waals surface area contributed by atoms with Crippen LogP contribution < -0.4 is 14.8 Å². The third kappa shape index (κ3) is 7.23. The number of hydrogen-bond donors (Lipinski definition) is 1. The van der Waals surface area contributed by atoms with Crippen molar-refractivity contribution in [3.05, 3.63) is 62.1 Å². The van der Waals surface area contributed by atoms with Crippen LogP contribution in [0.4, 0.5) is 5.69 Å². The number of carbonyl (C=O) groups is 2. The van der Waals surface area contributed by atoms with Crippen molar-refractivity contribution in [1.82, 2.24) is 10.2 Å². The molecule has 2 rings (SSSR count). The van der Waals surface area contributed by atoms with E-state index in [0.29, 0.717) is 15.6 Å². The summed E-state index contributed by atoms with van der Waals surface area (Å²) in [6.07, 6.45) is 0. The molecule has 184 valence electrons. The number of methoxy groups -OCH3 is 1. The fourth-order valence-corrected chi connectivity index (χ4v) is 3.55. The number of hydrogen-bond acceptors (Lipinski definition) is 6. The maximum Gasteiger partial charge on any atom is 0.311 e. The molecule has 0 aromatic heterocycles. The number of nitro benzene ring substituents is 1. The molecule has 0 saturated carbocycles. The number of benzene rings is 2. The number of halogens is 2. The van der Waals surface area contributed by atoms with E-state index in [1.165, 1.54) is 30.2 Å². The number of nitrogens with one attached hydrogen (secondary N) is 1. The lowest BCUT2D eigenvalue weighted by molar-refractivity contribution is -0.385. The second-order valence-electron chi connectivity index (χ2n) is 8.52. The van der Waals surface area contributed by atoms with Crippen LogP contribution in [-0.4, -0.2) is 46.9 Å². The zero-order valence-electron chi connectivity index (χ0n) is 19.6. The maximum atomic E-state index is 13.2. The van der Waals surface area contributed by atoms with Gasteiger partial charge in [0.1, 0.15) is 11.8 Å². The third-order valence-corrected chi connectivity index (χ3v) is 5.47. The van der Waals surface area contributed by atoms with E-state index in [0.717, 1.165) is 0 Å². The number of amides is 2. The predicted molar refractivity (Wildman–Crippen MR) is 130 cm³/mol. The van der Waals surface area contributed by atoms with Gasteiger partial charge < -0.3 is 19.7 Å². The third-order valence-electron chi connectivity index (χ3n) is 4.77. The van der Waals surface area contributed by atoms with Crippen LogP contribution in [0.15, 0.2) is 36.4 Å². The van der Waals surface area contributed by atoms with Crippen molar-refractivity contribution >= 4 is 40.7 Å². The summed E-state index contributed by atoms with van der Waals surface area (Å²) in [7, 11) is 1.29. The molecule has 0 radical (unpaired) electrons. The van der Waals surface area contributed by atoms with E-state index < -0.39 is 29.0 Å². The summed E-state index contributed by atoms with van der Waals surface area (Å²) < 4.78 is 10.6. The molecule has 0 fully saturated rings. The Kier molecular flexibility index (Phi) is 9.12. The highest BCUT2D eigenvalue weighted by molar-refractivity contribution is 6.36.